The molecule has 1 heterocycles. The Labute approximate surface area is 168 Å². The Morgan fingerprint density at radius 1 is 1.25 bits per heavy atom. The fourth-order valence-corrected chi connectivity index (χ4v) is 4.74. The number of esters is 1. The lowest BCUT2D eigenvalue weighted by molar-refractivity contribution is 0.0599. The third-order valence-electron chi connectivity index (χ3n) is 5.52. The van der Waals surface area contributed by atoms with Crippen LogP contribution in [0.15, 0.2) is 12.1 Å². The predicted molar refractivity (Wildman–Crippen MR) is 115 cm³/mol. The maximum Gasteiger partial charge on any atom is 0.337 e. The Balaban J connectivity index is 2.09. The van der Waals surface area contributed by atoms with Crippen LogP contribution in [-0.2, 0) is 34.6 Å². The second-order valence-corrected chi connectivity index (χ2v) is 15.1. The quantitative estimate of drug-likeness (QED) is 0.421. The molecule has 0 unspecified atom stereocenters. The zero-order chi connectivity index (χ0) is 20.7. The van der Waals surface area contributed by atoms with E-state index in [9.17, 15) is 9.90 Å². The Morgan fingerprint density at radius 2 is 1.96 bits per heavy atom. The highest BCUT2D eigenvalue weighted by Crippen LogP contribution is 2.39. The number of aliphatic hydroxyl groups is 1. The van der Waals surface area contributed by atoms with Crippen molar-refractivity contribution < 1.29 is 19.4 Å². The summed E-state index contributed by atoms with van der Waals surface area (Å²) >= 11 is 0. The van der Waals surface area contributed by atoms with Crippen LogP contribution in [0.1, 0.15) is 47.4 Å². The summed E-state index contributed by atoms with van der Waals surface area (Å²) in [5, 5.41) is 11.9. The minimum absolute atomic E-state index is 0.377. The van der Waals surface area contributed by atoms with Crippen LogP contribution in [0.3, 0.4) is 0 Å². The summed E-state index contributed by atoms with van der Waals surface area (Å²) in [6.45, 7) is 11.8. The summed E-state index contributed by atoms with van der Waals surface area (Å²) in [6, 6.07) is 4.81. The highest BCUT2D eigenvalue weighted by atomic mass is 28.3. The number of benzene rings is 1. The van der Waals surface area contributed by atoms with Crippen molar-refractivity contribution in [1.29, 1.82) is 0 Å². The molecular weight excluding hydrogens is 370 g/mol. The van der Waals surface area contributed by atoms with Gasteiger partial charge in [-0.15, -0.1) is 0 Å². The molecule has 6 heteroatoms. The normalized spacial score (nSPS) is 14.5. The third-order valence-corrected chi connectivity index (χ3v) is 7.22. The van der Waals surface area contributed by atoms with E-state index >= 15 is 0 Å². The summed E-state index contributed by atoms with van der Waals surface area (Å²) in [5.41, 5.74) is 3.69. The molecular formula is C22H33NO4Si. The van der Waals surface area contributed by atoms with Gasteiger partial charge in [0.1, 0.15) is 6.73 Å². The average molecular weight is 404 g/mol. The Hall–Kier alpha value is -1.63. The largest absolute Gasteiger partial charge is 0.465 e. The van der Waals surface area contributed by atoms with Gasteiger partial charge in [0.25, 0.3) is 0 Å². The smallest absolute Gasteiger partial charge is 0.337 e. The first kappa shape index (κ1) is 21.1. The number of carbonyl (C=O) groups is 1. The molecule has 5 nitrogen and oxygen atoms in total. The van der Waals surface area contributed by atoms with Crippen molar-refractivity contribution >= 4 is 24.9 Å². The number of hydrogen-bond acceptors (Lipinski definition) is 4. The van der Waals surface area contributed by atoms with E-state index in [0.717, 1.165) is 48.4 Å². The van der Waals surface area contributed by atoms with Crippen molar-refractivity contribution in [1.82, 2.24) is 4.57 Å². The molecule has 3 rings (SSSR count). The molecule has 1 aliphatic carbocycles. The van der Waals surface area contributed by atoms with Crippen molar-refractivity contribution in [2.75, 3.05) is 13.7 Å². The first-order chi connectivity index (χ1) is 13.0. The van der Waals surface area contributed by atoms with Crippen molar-refractivity contribution in [2.24, 2.45) is 0 Å². The minimum atomic E-state index is -1.14. The maximum atomic E-state index is 12.2. The molecule has 0 radical (unpaired) electrons. The molecule has 0 atom stereocenters. The monoisotopic (exact) mass is 403 g/mol. The summed E-state index contributed by atoms with van der Waals surface area (Å²) in [4.78, 5) is 12.2. The summed E-state index contributed by atoms with van der Waals surface area (Å²) in [5.74, 6) is -0.377. The first-order valence-electron chi connectivity index (χ1n) is 10.1. The van der Waals surface area contributed by atoms with Gasteiger partial charge in [0.2, 0.25) is 0 Å². The van der Waals surface area contributed by atoms with Gasteiger partial charge in [-0.3, -0.25) is 0 Å². The van der Waals surface area contributed by atoms with Crippen molar-refractivity contribution in [3.8, 4) is 0 Å². The summed E-state index contributed by atoms with van der Waals surface area (Å²) in [6.07, 6.45) is 3.10. The van der Waals surface area contributed by atoms with E-state index in [2.05, 4.69) is 24.2 Å². The topological polar surface area (TPSA) is 60.7 Å². The molecule has 0 bridgehead atoms. The SMILES string of the molecule is COC(=O)c1cc(C(C)(C)O)c2c(c1)c1c(n2COCC[Si](C)(C)C)CCC1. The van der Waals surface area contributed by atoms with E-state index in [-0.39, 0.29) is 5.97 Å². The van der Waals surface area contributed by atoms with Gasteiger partial charge in [0.05, 0.1) is 23.8 Å². The molecule has 0 spiro atoms. The number of carbonyl (C=O) groups excluding carboxylic acids is 1. The Kier molecular flexibility index (Phi) is 5.76. The third kappa shape index (κ3) is 4.19. The number of fused-ring (bicyclic) bond motifs is 3. The highest BCUT2D eigenvalue weighted by molar-refractivity contribution is 6.76. The number of aromatic nitrogens is 1. The van der Waals surface area contributed by atoms with Crippen molar-refractivity contribution in [3.63, 3.8) is 0 Å². The second kappa shape index (κ2) is 7.65. The molecule has 2 aromatic rings. The fourth-order valence-electron chi connectivity index (χ4n) is 3.98. The van der Waals surface area contributed by atoms with Gasteiger partial charge in [-0.25, -0.2) is 4.79 Å². The van der Waals surface area contributed by atoms with E-state index in [1.807, 2.05) is 6.07 Å². The van der Waals surface area contributed by atoms with E-state index in [1.165, 1.54) is 18.4 Å². The van der Waals surface area contributed by atoms with Crippen LogP contribution in [0.5, 0.6) is 0 Å². The van der Waals surface area contributed by atoms with Crippen LogP contribution >= 0.6 is 0 Å². The van der Waals surface area contributed by atoms with E-state index in [4.69, 9.17) is 9.47 Å². The van der Waals surface area contributed by atoms with Gasteiger partial charge in [0, 0.05) is 31.3 Å². The van der Waals surface area contributed by atoms with E-state index in [1.54, 1.807) is 19.9 Å². The number of aryl methyl sites for hydroxylation is 1. The van der Waals surface area contributed by atoms with Crippen LogP contribution in [0.4, 0.5) is 0 Å². The maximum absolute atomic E-state index is 12.2. The fraction of sp³-hybridized carbons (Fsp3) is 0.591. The molecule has 154 valence electrons. The van der Waals surface area contributed by atoms with Crippen LogP contribution in [0, 0.1) is 0 Å². The lowest BCUT2D eigenvalue weighted by Crippen LogP contribution is -2.22. The zero-order valence-electron chi connectivity index (χ0n) is 18.0. The highest BCUT2D eigenvalue weighted by Gasteiger charge is 2.29. The van der Waals surface area contributed by atoms with Gasteiger partial charge in [-0.05, 0) is 56.9 Å². The van der Waals surface area contributed by atoms with Gasteiger partial charge >= 0.3 is 5.97 Å². The zero-order valence-corrected chi connectivity index (χ0v) is 19.0. The van der Waals surface area contributed by atoms with E-state index in [0.29, 0.717) is 12.3 Å². The standard InChI is InChI=1S/C22H33NO4Si/c1-22(2,25)18-13-15(21(24)26-3)12-17-16-8-7-9-19(16)23(20(17)18)14-27-10-11-28(4,5)6/h12-13,25H,7-11,14H2,1-6H3. The molecule has 28 heavy (non-hydrogen) atoms. The Morgan fingerprint density at radius 3 is 2.57 bits per heavy atom. The molecule has 0 saturated carbocycles. The number of methoxy groups -OCH3 is 1. The molecule has 0 aliphatic heterocycles. The van der Waals surface area contributed by atoms with Gasteiger partial charge < -0.3 is 19.1 Å². The van der Waals surface area contributed by atoms with Gasteiger partial charge in [-0.1, -0.05) is 19.6 Å². The van der Waals surface area contributed by atoms with Gasteiger partial charge in [0.15, 0.2) is 0 Å². The second-order valence-electron chi connectivity index (χ2n) is 9.53. The number of rotatable bonds is 7. The Bertz CT molecular complexity index is 887. The molecule has 1 aromatic carbocycles. The summed E-state index contributed by atoms with van der Waals surface area (Å²) in [7, 11) is 0.243. The van der Waals surface area contributed by atoms with Crippen LogP contribution in [0.25, 0.3) is 10.9 Å². The van der Waals surface area contributed by atoms with Crippen molar-refractivity contribution in [2.45, 2.75) is 71.1 Å². The lowest BCUT2D eigenvalue weighted by Gasteiger charge is -2.23. The van der Waals surface area contributed by atoms with Crippen LogP contribution in [0.2, 0.25) is 25.7 Å². The van der Waals surface area contributed by atoms with E-state index < -0.39 is 13.7 Å². The van der Waals surface area contributed by atoms with Gasteiger partial charge in [-0.2, -0.15) is 0 Å². The van der Waals surface area contributed by atoms with Crippen molar-refractivity contribution in [3.05, 3.63) is 34.5 Å². The summed E-state index contributed by atoms with van der Waals surface area (Å²) < 4.78 is 13.2. The molecule has 1 aromatic heterocycles. The molecule has 0 fully saturated rings. The number of nitrogens with zero attached hydrogens (tertiary/aromatic N) is 1. The predicted octanol–water partition coefficient (Wildman–Crippen LogP) is 4.46. The molecule has 1 N–H and O–H groups in total. The number of hydrogen-bond donors (Lipinski definition) is 1. The minimum Gasteiger partial charge on any atom is -0.465 e. The molecule has 1 aliphatic rings. The lowest BCUT2D eigenvalue weighted by atomic mass is 9.93. The average Bonchev–Trinajstić information content (AvgIpc) is 3.17. The van der Waals surface area contributed by atoms with Crippen LogP contribution < -0.4 is 0 Å². The van der Waals surface area contributed by atoms with Crippen LogP contribution in [-0.4, -0.2) is 37.4 Å². The number of ether oxygens (including phenoxy) is 2. The first-order valence-corrected chi connectivity index (χ1v) is 13.8. The molecule has 0 saturated heterocycles. The molecule has 0 amide bonds.